The second-order valence-electron chi connectivity index (χ2n) is 4.88. The van der Waals surface area contributed by atoms with Crippen molar-refractivity contribution in [3.63, 3.8) is 0 Å². The van der Waals surface area contributed by atoms with Crippen LogP contribution >= 0.6 is 34.2 Å². The van der Waals surface area contributed by atoms with Crippen LogP contribution in [0.25, 0.3) is 0 Å². The van der Waals surface area contributed by atoms with Gasteiger partial charge in [-0.25, -0.2) is 5.43 Å². The van der Waals surface area contributed by atoms with Crippen LogP contribution in [0.3, 0.4) is 0 Å². The summed E-state index contributed by atoms with van der Waals surface area (Å²) < 4.78 is 11.5. The number of amides is 1. The number of methoxy groups -OCH3 is 2. The molecule has 0 bridgehead atoms. The van der Waals surface area contributed by atoms with Gasteiger partial charge in [0.25, 0.3) is 5.91 Å². The van der Waals surface area contributed by atoms with E-state index in [1.807, 2.05) is 24.3 Å². The highest BCUT2D eigenvalue weighted by Gasteiger charge is 2.08. The summed E-state index contributed by atoms with van der Waals surface area (Å²) in [7, 11) is 3.06. The summed E-state index contributed by atoms with van der Waals surface area (Å²) in [4.78, 5) is 11.8. The molecule has 8 heteroatoms. The molecule has 0 fully saturated rings. The summed E-state index contributed by atoms with van der Waals surface area (Å²) in [5.41, 5.74) is 3.91. The van der Waals surface area contributed by atoms with Gasteiger partial charge in [-0.2, -0.15) is 5.10 Å². The van der Waals surface area contributed by atoms with E-state index in [4.69, 9.17) is 21.1 Å². The van der Waals surface area contributed by atoms with Gasteiger partial charge in [-0.05, 0) is 52.9 Å². The van der Waals surface area contributed by atoms with Crippen LogP contribution in [-0.2, 0) is 4.79 Å². The Balaban J connectivity index is 1.91. The maximum Gasteiger partial charge on any atom is 0.259 e. The molecule has 0 aliphatic carbocycles. The minimum atomic E-state index is -0.272. The molecule has 0 aliphatic rings. The van der Waals surface area contributed by atoms with Crippen molar-refractivity contribution in [2.24, 2.45) is 5.10 Å². The smallest absolute Gasteiger partial charge is 0.259 e. The molecule has 1 amide bonds. The van der Waals surface area contributed by atoms with Crippen molar-refractivity contribution in [3.8, 4) is 11.5 Å². The van der Waals surface area contributed by atoms with Gasteiger partial charge in [0.15, 0.2) is 11.5 Å². The van der Waals surface area contributed by atoms with E-state index in [1.54, 1.807) is 12.1 Å². The lowest BCUT2D eigenvalue weighted by Crippen LogP contribution is -2.25. The minimum Gasteiger partial charge on any atom is -0.493 e. The van der Waals surface area contributed by atoms with E-state index in [1.165, 1.54) is 20.4 Å². The van der Waals surface area contributed by atoms with E-state index in [-0.39, 0.29) is 12.5 Å². The van der Waals surface area contributed by atoms with Gasteiger partial charge in [-0.15, -0.1) is 0 Å². The predicted octanol–water partition coefficient (Wildman–Crippen LogP) is 3.52. The van der Waals surface area contributed by atoms with E-state index in [9.17, 15) is 4.79 Å². The molecule has 6 nitrogen and oxygen atoms in total. The van der Waals surface area contributed by atoms with Gasteiger partial charge in [0.2, 0.25) is 0 Å². The van der Waals surface area contributed by atoms with Crippen LogP contribution in [-0.4, -0.2) is 32.9 Å². The Kier molecular flexibility index (Phi) is 7.32. The highest BCUT2D eigenvalue weighted by molar-refractivity contribution is 14.1. The first-order chi connectivity index (χ1) is 12.0. The molecule has 2 aromatic rings. The summed E-state index contributed by atoms with van der Waals surface area (Å²) in [5, 5.41) is 7.36. The number of carbonyl (C=O) groups excluding carboxylic acids is 1. The molecule has 2 N–H and O–H groups in total. The molecule has 0 atom stereocenters. The van der Waals surface area contributed by atoms with Gasteiger partial charge in [-0.1, -0.05) is 11.6 Å². The van der Waals surface area contributed by atoms with E-state index < -0.39 is 0 Å². The Labute approximate surface area is 164 Å². The molecule has 2 rings (SSSR count). The number of halogens is 2. The largest absolute Gasteiger partial charge is 0.493 e. The molecule has 0 saturated heterocycles. The van der Waals surface area contributed by atoms with E-state index in [2.05, 4.69) is 38.4 Å². The number of hydrogen-bond donors (Lipinski definition) is 2. The molecule has 0 heterocycles. The summed E-state index contributed by atoms with van der Waals surface area (Å²) >= 11 is 8.37. The Hall–Kier alpha value is -2.00. The number of hydrogen-bond acceptors (Lipinski definition) is 5. The lowest BCUT2D eigenvalue weighted by molar-refractivity contribution is -0.119. The molecule has 2 aromatic carbocycles. The molecule has 132 valence electrons. The van der Waals surface area contributed by atoms with Crippen molar-refractivity contribution in [1.82, 2.24) is 5.43 Å². The Morgan fingerprint density at radius 3 is 2.48 bits per heavy atom. The Morgan fingerprint density at radius 2 is 1.84 bits per heavy atom. The standard InChI is InChI=1S/C17H17ClIN3O3/c1-24-15-7-11(14(18)8-16(15)25-2)9-21-22-17(23)10-20-13-5-3-12(19)4-6-13/h3-9,20H,10H2,1-2H3,(H,22,23)/b21-9-. The van der Waals surface area contributed by atoms with Crippen molar-refractivity contribution in [3.05, 3.63) is 50.6 Å². The number of nitrogens with one attached hydrogen (secondary N) is 2. The number of anilines is 1. The first kappa shape index (κ1) is 19.3. The quantitative estimate of drug-likeness (QED) is 0.367. The molecule has 0 spiro atoms. The number of nitrogens with zero attached hydrogens (tertiary/aromatic N) is 1. The number of ether oxygens (including phenoxy) is 2. The van der Waals surface area contributed by atoms with Gasteiger partial charge in [0, 0.05) is 20.9 Å². The molecule has 25 heavy (non-hydrogen) atoms. The number of benzene rings is 2. The number of hydrazone groups is 1. The van der Waals surface area contributed by atoms with Gasteiger partial charge in [-0.3, -0.25) is 4.79 Å². The van der Waals surface area contributed by atoms with Crippen LogP contribution in [0.15, 0.2) is 41.5 Å². The summed E-state index contributed by atoms with van der Waals surface area (Å²) in [6.45, 7) is 0.109. The summed E-state index contributed by atoms with van der Waals surface area (Å²) in [6, 6.07) is 11.0. The summed E-state index contributed by atoms with van der Waals surface area (Å²) in [6.07, 6.45) is 1.45. The molecule has 0 aliphatic heterocycles. The highest BCUT2D eigenvalue weighted by Crippen LogP contribution is 2.32. The van der Waals surface area contributed by atoms with Crippen molar-refractivity contribution < 1.29 is 14.3 Å². The first-order valence-corrected chi connectivity index (χ1v) is 8.72. The van der Waals surface area contributed by atoms with Gasteiger partial charge in [0.1, 0.15) is 0 Å². The van der Waals surface area contributed by atoms with Gasteiger partial charge in [0.05, 0.1) is 32.0 Å². The molecule has 0 radical (unpaired) electrons. The van der Waals surface area contributed by atoms with Crippen molar-refractivity contribution in [2.75, 3.05) is 26.1 Å². The molecular formula is C17H17ClIN3O3. The normalized spacial score (nSPS) is 10.6. The first-order valence-electron chi connectivity index (χ1n) is 7.26. The Morgan fingerprint density at radius 1 is 1.20 bits per heavy atom. The average molecular weight is 474 g/mol. The minimum absolute atomic E-state index is 0.109. The van der Waals surface area contributed by atoms with Crippen LogP contribution in [0.2, 0.25) is 5.02 Å². The predicted molar refractivity (Wildman–Crippen MR) is 108 cm³/mol. The van der Waals surface area contributed by atoms with E-state index in [0.717, 1.165) is 9.26 Å². The maximum atomic E-state index is 11.8. The number of carbonyl (C=O) groups is 1. The zero-order valence-corrected chi connectivity index (χ0v) is 16.6. The molecule has 0 aromatic heterocycles. The third-order valence-corrected chi connectivity index (χ3v) is 4.24. The van der Waals surface area contributed by atoms with Crippen LogP contribution in [0.5, 0.6) is 11.5 Å². The molecular weight excluding hydrogens is 457 g/mol. The fourth-order valence-electron chi connectivity index (χ4n) is 1.93. The lowest BCUT2D eigenvalue weighted by atomic mass is 10.2. The van der Waals surface area contributed by atoms with E-state index in [0.29, 0.717) is 22.1 Å². The van der Waals surface area contributed by atoms with Crippen LogP contribution in [0.1, 0.15) is 5.56 Å². The zero-order valence-electron chi connectivity index (χ0n) is 13.7. The topological polar surface area (TPSA) is 72.0 Å². The monoisotopic (exact) mass is 473 g/mol. The third-order valence-electron chi connectivity index (χ3n) is 3.19. The maximum absolute atomic E-state index is 11.8. The molecule has 0 unspecified atom stereocenters. The lowest BCUT2D eigenvalue weighted by Gasteiger charge is -2.09. The van der Waals surface area contributed by atoms with E-state index >= 15 is 0 Å². The van der Waals surface area contributed by atoms with Crippen LogP contribution < -0.4 is 20.2 Å². The van der Waals surface area contributed by atoms with Crippen LogP contribution in [0.4, 0.5) is 5.69 Å². The van der Waals surface area contributed by atoms with Gasteiger partial charge >= 0.3 is 0 Å². The second kappa shape index (κ2) is 9.47. The fourth-order valence-corrected chi connectivity index (χ4v) is 2.49. The second-order valence-corrected chi connectivity index (χ2v) is 6.54. The Bertz CT molecular complexity index is 766. The van der Waals surface area contributed by atoms with Crippen molar-refractivity contribution >= 4 is 52.0 Å². The van der Waals surface area contributed by atoms with Gasteiger partial charge < -0.3 is 14.8 Å². The number of rotatable bonds is 7. The zero-order chi connectivity index (χ0) is 18.2. The molecule has 0 saturated carbocycles. The third kappa shape index (κ3) is 5.79. The highest BCUT2D eigenvalue weighted by atomic mass is 127. The summed E-state index contributed by atoms with van der Waals surface area (Å²) in [5.74, 6) is 0.779. The fraction of sp³-hybridized carbons (Fsp3) is 0.176. The SMILES string of the molecule is COc1cc(Cl)c(/C=N\NC(=O)CNc2ccc(I)cc2)cc1OC. The van der Waals surface area contributed by atoms with Crippen molar-refractivity contribution in [2.45, 2.75) is 0 Å². The average Bonchev–Trinajstić information content (AvgIpc) is 2.62. The van der Waals surface area contributed by atoms with Crippen LogP contribution in [0, 0.1) is 3.57 Å². The van der Waals surface area contributed by atoms with Crippen molar-refractivity contribution in [1.29, 1.82) is 0 Å².